The SMILES string of the molecule is CC(C)Cn1ncc2cc([C@H](O)c3ccc(Cl)cc3Cl)ccc21. The molecule has 1 aromatic heterocycles. The van der Waals surface area contributed by atoms with Crippen molar-refractivity contribution < 1.29 is 5.11 Å². The minimum absolute atomic E-state index is 0.459. The number of benzene rings is 2. The normalized spacial score (nSPS) is 13.0. The van der Waals surface area contributed by atoms with Crippen LogP contribution in [0.5, 0.6) is 0 Å². The van der Waals surface area contributed by atoms with Gasteiger partial charge in [-0.05, 0) is 35.7 Å². The molecule has 0 radical (unpaired) electrons. The number of fused-ring (bicyclic) bond motifs is 1. The van der Waals surface area contributed by atoms with Crippen LogP contribution in [0.25, 0.3) is 10.9 Å². The van der Waals surface area contributed by atoms with Crippen LogP contribution in [0.1, 0.15) is 31.1 Å². The summed E-state index contributed by atoms with van der Waals surface area (Å²) in [5, 5.41) is 17.1. The first kappa shape index (κ1) is 16.3. The zero-order chi connectivity index (χ0) is 16.6. The van der Waals surface area contributed by atoms with E-state index in [1.807, 2.05) is 29.1 Å². The van der Waals surface area contributed by atoms with Crippen molar-refractivity contribution in [2.24, 2.45) is 5.92 Å². The molecule has 3 rings (SSSR count). The van der Waals surface area contributed by atoms with E-state index in [0.717, 1.165) is 23.0 Å². The summed E-state index contributed by atoms with van der Waals surface area (Å²) in [4.78, 5) is 0. The zero-order valence-electron chi connectivity index (χ0n) is 13.0. The molecular formula is C18H18Cl2N2O. The Bertz CT molecular complexity index is 842. The molecular weight excluding hydrogens is 331 g/mol. The van der Waals surface area contributed by atoms with Crippen molar-refractivity contribution in [2.45, 2.75) is 26.5 Å². The van der Waals surface area contributed by atoms with Gasteiger partial charge in [0.15, 0.2) is 0 Å². The van der Waals surface area contributed by atoms with Crippen LogP contribution in [-0.2, 0) is 6.54 Å². The van der Waals surface area contributed by atoms with Crippen LogP contribution in [0.15, 0.2) is 42.6 Å². The maximum atomic E-state index is 10.6. The Hall–Kier alpha value is -1.55. The lowest BCUT2D eigenvalue weighted by atomic mass is 10.0. The van der Waals surface area contributed by atoms with Gasteiger partial charge in [-0.2, -0.15) is 5.10 Å². The number of hydrogen-bond donors (Lipinski definition) is 1. The van der Waals surface area contributed by atoms with Crippen LogP contribution in [0.3, 0.4) is 0 Å². The van der Waals surface area contributed by atoms with Crippen molar-refractivity contribution in [1.29, 1.82) is 0 Å². The van der Waals surface area contributed by atoms with E-state index in [2.05, 4.69) is 18.9 Å². The van der Waals surface area contributed by atoms with Gasteiger partial charge in [-0.25, -0.2) is 0 Å². The molecule has 2 aromatic carbocycles. The van der Waals surface area contributed by atoms with Crippen molar-refractivity contribution in [3.8, 4) is 0 Å². The van der Waals surface area contributed by atoms with Gasteiger partial charge >= 0.3 is 0 Å². The summed E-state index contributed by atoms with van der Waals surface area (Å²) in [5.74, 6) is 0.524. The summed E-state index contributed by atoms with van der Waals surface area (Å²) in [6.07, 6.45) is 1.04. The highest BCUT2D eigenvalue weighted by Gasteiger charge is 2.15. The van der Waals surface area contributed by atoms with Gasteiger partial charge in [0.2, 0.25) is 0 Å². The third-order valence-corrected chi connectivity index (χ3v) is 4.34. The number of nitrogens with zero attached hydrogens (tertiary/aromatic N) is 2. The molecule has 0 spiro atoms. The van der Waals surface area contributed by atoms with E-state index in [9.17, 15) is 5.11 Å². The Morgan fingerprint density at radius 1 is 1.13 bits per heavy atom. The Labute approximate surface area is 145 Å². The van der Waals surface area contributed by atoms with Gasteiger partial charge < -0.3 is 5.11 Å². The summed E-state index contributed by atoms with van der Waals surface area (Å²) < 4.78 is 1.99. The quantitative estimate of drug-likeness (QED) is 0.713. The number of aliphatic hydroxyl groups excluding tert-OH is 1. The zero-order valence-corrected chi connectivity index (χ0v) is 14.5. The molecule has 0 aliphatic heterocycles. The molecule has 0 saturated heterocycles. The fourth-order valence-corrected chi connectivity index (χ4v) is 3.18. The van der Waals surface area contributed by atoms with Crippen molar-refractivity contribution in [3.05, 3.63) is 63.8 Å². The summed E-state index contributed by atoms with van der Waals surface area (Å²) in [5.41, 5.74) is 2.49. The summed E-state index contributed by atoms with van der Waals surface area (Å²) >= 11 is 12.1. The van der Waals surface area contributed by atoms with E-state index >= 15 is 0 Å². The van der Waals surface area contributed by atoms with Gasteiger partial charge in [0.1, 0.15) is 6.10 Å². The maximum Gasteiger partial charge on any atom is 0.106 e. The first-order valence-corrected chi connectivity index (χ1v) is 8.30. The molecule has 120 valence electrons. The predicted octanol–water partition coefficient (Wildman–Crippen LogP) is 5.08. The minimum atomic E-state index is -0.794. The minimum Gasteiger partial charge on any atom is -0.384 e. The molecule has 0 saturated carbocycles. The lowest BCUT2D eigenvalue weighted by Crippen LogP contribution is -2.05. The molecule has 1 heterocycles. The Kier molecular flexibility index (Phi) is 4.62. The van der Waals surface area contributed by atoms with Gasteiger partial charge in [0, 0.05) is 27.5 Å². The Balaban J connectivity index is 1.97. The van der Waals surface area contributed by atoms with Crippen molar-refractivity contribution in [3.63, 3.8) is 0 Å². The maximum absolute atomic E-state index is 10.6. The standard InChI is InChI=1S/C18H18Cl2N2O/c1-11(2)10-22-17-6-3-12(7-13(17)9-21-22)18(23)15-5-4-14(19)8-16(15)20/h3-9,11,18,23H,10H2,1-2H3/t18-/m0/s1. The largest absolute Gasteiger partial charge is 0.384 e. The predicted molar refractivity (Wildman–Crippen MR) is 95.1 cm³/mol. The summed E-state index contributed by atoms with van der Waals surface area (Å²) in [7, 11) is 0. The molecule has 1 N–H and O–H groups in total. The first-order chi connectivity index (χ1) is 11.0. The van der Waals surface area contributed by atoms with Crippen molar-refractivity contribution in [2.75, 3.05) is 0 Å². The highest BCUT2D eigenvalue weighted by molar-refractivity contribution is 6.35. The van der Waals surface area contributed by atoms with Crippen LogP contribution < -0.4 is 0 Å². The first-order valence-electron chi connectivity index (χ1n) is 7.54. The molecule has 0 unspecified atom stereocenters. The van der Waals surface area contributed by atoms with E-state index in [0.29, 0.717) is 21.5 Å². The molecule has 0 fully saturated rings. The fourth-order valence-electron chi connectivity index (χ4n) is 2.67. The highest BCUT2D eigenvalue weighted by Crippen LogP contribution is 2.31. The van der Waals surface area contributed by atoms with E-state index in [1.54, 1.807) is 18.2 Å². The third-order valence-electron chi connectivity index (χ3n) is 3.78. The lowest BCUT2D eigenvalue weighted by molar-refractivity contribution is 0.220. The molecule has 5 heteroatoms. The molecule has 0 amide bonds. The van der Waals surface area contributed by atoms with E-state index < -0.39 is 6.10 Å². The van der Waals surface area contributed by atoms with Crippen LogP contribution in [0, 0.1) is 5.92 Å². The van der Waals surface area contributed by atoms with Crippen LogP contribution in [0.2, 0.25) is 10.0 Å². The number of aromatic nitrogens is 2. The molecule has 23 heavy (non-hydrogen) atoms. The summed E-state index contributed by atoms with van der Waals surface area (Å²) in [6, 6.07) is 11.0. The van der Waals surface area contributed by atoms with E-state index in [4.69, 9.17) is 23.2 Å². The number of aliphatic hydroxyl groups is 1. The van der Waals surface area contributed by atoms with Gasteiger partial charge in [0.25, 0.3) is 0 Å². The van der Waals surface area contributed by atoms with Crippen LogP contribution in [0.4, 0.5) is 0 Å². The molecule has 0 bridgehead atoms. The molecule has 0 aliphatic carbocycles. The smallest absolute Gasteiger partial charge is 0.106 e. The lowest BCUT2D eigenvalue weighted by Gasteiger charge is -2.14. The second kappa shape index (κ2) is 6.52. The highest BCUT2D eigenvalue weighted by atomic mass is 35.5. The number of halogens is 2. The van der Waals surface area contributed by atoms with E-state index in [1.165, 1.54) is 0 Å². The fraction of sp³-hybridized carbons (Fsp3) is 0.278. The van der Waals surface area contributed by atoms with Crippen LogP contribution >= 0.6 is 23.2 Å². The van der Waals surface area contributed by atoms with Gasteiger partial charge in [0.05, 0.1) is 11.7 Å². The van der Waals surface area contributed by atoms with Gasteiger partial charge in [-0.1, -0.05) is 49.2 Å². The molecule has 3 aromatic rings. The topological polar surface area (TPSA) is 38.0 Å². The second-order valence-electron chi connectivity index (χ2n) is 6.11. The number of rotatable bonds is 4. The molecule has 0 aliphatic rings. The monoisotopic (exact) mass is 348 g/mol. The number of hydrogen-bond acceptors (Lipinski definition) is 2. The van der Waals surface area contributed by atoms with Gasteiger partial charge in [-0.3, -0.25) is 4.68 Å². The summed E-state index contributed by atoms with van der Waals surface area (Å²) in [6.45, 7) is 5.19. The average molecular weight is 349 g/mol. The molecule has 3 nitrogen and oxygen atoms in total. The van der Waals surface area contributed by atoms with Crippen molar-refractivity contribution >= 4 is 34.1 Å². The van der Waals surface area contributed by atoms with E-state index in [-0.39, 0.29) is 0 Å². The molecule has 1 atom stereocenters. The van der Waals surface area contributed by atoms with Crippen LogP contribution in [-0.4, -0.2) is 14.9 Å². The average Bonchev–Trinajstić information content (AvgIpc) is 2.88. The Morgan fingerprint density at radius 3 is 2.61 bits per heavy atom. The third kappa shape index (κ3) is 3.37. The van der Waals surface area contributed by atoms with Gasteiger partial charge in [-0.15, -0.1) is 0 Å². The van der Waals surface area contributed by atoms with Crippen molar-refractivity contribution in [1.82, 2.24) is 9.78 Å². The Morgan fingerprint density at radius 2 is 1.91 bits per heavy atom. The second-order valence-corrected chi connectivity index (χ2v) is 6.95.